The number of aliphatic hydroxyl groups is 1. The van der Waals surface area contributed by atoms with Crippen LogP contribution in [-0.2, 0) is 12.0 Å². The average molecular weight is 294 g/mol. The van der Waals surface area contributed by atoms with Crippen LogP contribution < -0.4 is 0 Å². The lowest BCUT2D eigenvalue weighted by atomic mass is 9.86. The van der Waals surface area contributed by atoms with Crippen molar-refractivity contribution in [2.24, 2.45) is 0 Å². The van der Waals surface area contributed by atoms with Gasteiger partial charge in [0.05, 0.1) is 18.0 Å². The van der Waals surface area contributed by atoms with Gasteiger partial charge in [-0.1, -0.05) is 51.1 Å². The van der Waals surface area contributed by atoms with Crippen LogP contribution in [0.15, 0.2) is 42.5 Å². The molecule has 114 valence electrons. The van der Waals surface area contributed by atoms with Gasteiger partial charge in [0.2, 0.25) is 0 Å². The number of fused-ring (bicyclic) bond motifs is 1. The van der Waals surface area contributed by atoms with Gasteiger partial charge in [-0.15, -0.1) is 0 Å². The van der Waals surface area contributed by atoms with Crippen LogP contribution in [0, 0.1) is 6.92 Å². The predicted octanol–water partition coefficient (Wildman–Crippen LogP) is 4.10. The van der Waals surface area contributed by atoms with Crippen molar-refractivity contribution < 1.29 is 5.11 Å². The summed E-state index contributed by atoms with van der Waals surface area (Å²) in [5.74, 6) is 0. The second-order valence-electron chi connectivity index (χ2n) is 6.75. The molecule has 1 N–H and O–H groups in total. The van der Waals surface area contributed by atoms with Gasteiger partial charge >= 0.3 is 0 Å². The molecule has 0 spiro atoms. The van der Waals surface area contributed by atoms with Crippen LogP contribution in [0.3, 0.4) is 0 Å². The lowest BCUT2D eigenvalue weighted by Gasteiger charge is -2.19. The summed E-state index contributed by atoms with van der Waals surface area (Å²) in [5.41, 5.74) is 6.12. The average Bonchev–Trinajstić information content (AvgIpc) is 2.86. The van der Waals surface area contributed by atoms with Crippen molar-refractivity contribution in [1.82, 2.24) is 9.38 Å². The molecule has 0 saturated carbocycles. The van der Waals surface area contributed by atoms with Crippen molar-refractivity contribution in [2.75, 3.05) is 0 Å². The summed E-state index contributed by atoms with van der Waals surface area (Å²) in [4.78, 5) is 4.71. The van der Waals surface area contributed by atoms with Crippen molar-refractivity contribution in [3.05, 3.63) is 59.4 Å². The van der Waals surface area contributed by atoms with Crippen molar-refractivity contribution in [2.45, 2.75) is 39.7 Å². The van der Waals surface area contributed by atoms with Gasteiger partial charge in [-0.25, -0.2) is 4.98 Å². The van der Waals surface area contributed by atoms with Crippen LogP contribution in [0.2, 0.25) is 0 Å². The Hall–Kier alpha value is -2.13. The summed E-state index contributed by atoms with van der Waals surface area (Å²) in [6, 6.07) is 14.5. The third-order valence-electron chi connectivity index (χ3n) is 4.11. The van der Waals surface area contributed by atoms with E-state index in [0.29, 0.717) is 0 Å². The minimum atomic E-state index is -0.0254. The number of aliphatic hydroxyl groups excluding tert-OH is 1. The lowest BCUT2D eigenvalue weighted by molar-refractivity contribution is 0.276. The largest absolute Gasteiger partial charge is 0.390 e. The first kappa shape index (κ1) is 14.8. The molecule has 0 bridgehead atoms. The zero-order chi connectivity index (χ0) is 15.9. The van der Waals surface area contributed by atoms with E-state index in [2.05, 4.69) is 45.0 Å². The number of pyridine rings is 1. The maximum atomic E-state index is 9.81. The highest BCUT2D eigenvalue weighted by atomic mass is 16.3. The second kappa shape index (κ2) is 5.25. The first-order valence-electron chi connectivity index (χ1n) is 7.60. The van der Waals surface area contributed by atoms with Gasteiger partial charge in [0.15, 0.2) is 0 Å². The third kappa shape index (κ3) is 2.42. The molecule has 22 heavy (non-hydrogen) atoms. The van der Waals surface area contributed by atoms with Crippen molar-refractivity contribution >= 4 is 5.65 Å². The summed E-state index contributed by atoms with van der Waals surface area (Å²) in [6.45, 7) is 8.61. The zero-order valence-electron chi connectivity index (χ0n) is 13.6. The van der Waals surface area contributed by atoms with Gasteiger partial charge in [0.1, 0.15) is 5.65 Å². The van der Waals surface area contributed by atoms with E-state index in [-0.39, 0.29) is 12.0 Å². The molecule has 2 heterocycles. The highest BCUT2D eigenvalue weighted by molar-refractivity contribution is 5.67. The third-order valence-corrected chi connectivity index (χ3v) is 4.11. The number of imidazole rings is 1. The summed E-state index contributed by atoms with van der Waals surface area (Å²) in [5, 5.41) is 9.81. The fourth-order valence-electron chi connectivity index (χ4n) is 2.83. The quantitative estimate of drug-likeness (QED) is 0.772. The highest BCUT2D eigenvalue weighted by Crippen LogP contribution is 2.29. The Bertz CT molecular complexity index is 808. The molecular weight excluding hydrogens is 272 g/mol. The molecule has 0 radical (unpaired) electrons. The zero-order valence-corrected chi connectivity index (χ0v) is 13.6. The molecule has 0 aliphatic heterocycles. The van der Waals surface area contributed by atoms with E-state index in [1.807, 2.05) is 29.5 Å². The molecule has 0 unspecified atom stereocenters. The Kier molecular flexibility index (Phi) is 3.53. The molecular formula is C19H22N2O. The van der Waals surface area contributed by atoms with Gasteiger partial charge in [0.25, 0.3) is 0 Å². The normalized spacial score (nSPS) is 12.0. The molecule has 3 heteroatoms. The minimum Gasteiger partial charge on any atom is -0.390 e. The van der Waals surface area contributed by atoms with E-state index in [0.717, 1.165) is 28.3 Å². The molecule has 3 nitrogen and oxygen atoms in total. The molecule has 0 amide bonds. The number of aryl methyl sites for hydroxylation is 1. The summed E-state index contributed by atoms with van der Waals surface area (Å²) < 4.78 is 2.02. The smallest absolute Gasteiger partial charge is 0.137 e. The Morgan fingerprint density at radius 2 is 1.73 bits per heavy atom. The van der Waals surface area contributed by atoms with E-state index in [4.69, 9.17) is 4.98 Å². The number of hydrogen-bond acceptors (Lipinski definition) is 2. The molecule has 0 aliphatic rings. The molecule has 0 saturated heterocycles. The van der Waals surface area contributed by atoms with Gasteiger partial charge in [-0.3, -0.25) is 4.40 Å². The molecule has 0 atom stereocenters. The Morgan fingerprint density at radius 1 is 1.05 bits per heavy atom. The van der Waals surface area contributed by atoms with Crippen LogP contribution in [0.25, 0.3) is 16.9 Å². The second-order valence-corrected chi connectivity index (χ2v) is 6.75. The van der Waals surface area contributed by atoms with Crippen molar-refractivity contribution in [3.63, 3.8) is 0 Å². The predicted molar refractivity (Wildman–Crippen MR) is 90.0 cm³/mol. The standard InChI is InChI=1S/C19H22N2O/c1-13-6-5-7-17-20-18(16(12-22)21(13)17)14-8-10-15(11-9-14)19(2,3)4/h5-11,22H,12H2,1-4H3. The van der Waals surface area contributed by atoms with Crippen LogP contribution in [-0.4, -0.2) is 14.5 Å². The van der Waals surface area contributed by atoms with E-state index >= 15 is 0 Å². The number of benzene rings is 1. The molecule has 3 aromatic rings. The van der Waals surface area contributed by atoms with Crippen LogP contribution >= 0.6 is 0 Å². The number of aromatic nitrogens is 2. The van der Waals surface area contributed by atoms with Gasteiger partial charge in [-0.2, -0.15) is 0 Å². The van der Waals surface area contributed by atoms with Gasteiger partial charge in [0, 0.05) is 11.3 Å². The maximum Gasteiger partial charge on any atom is 0.137 e. The van der Waals surface area contributed by atoms with E-state index in [1.54, 1.807) is 0 Å². The van der Waals surface area contributed by atoms with Crippen LogP contribution in [0.4, 0.5) is 0 Å². The van der Waals surface area contributed by atoms with E-state index < -0.39 is 0 Å². The molecule has 1 aromatic carbocycles. The fraction of sp³-hybridized carbons (Fsp3) is 0.316. The highest BCUT2D eigenvalue weighted by Gasteiger charge is 2.16. The number of hydrogen-bond donors (Lipinski definition) is 1. The SMILES string of the molecule is Cc1cccc2nc(-c3ccc(C(C)(C)C)cc3)c(CO)n12. The van der Waals surface area contributed by atoms with Crippen molar-refractivity contribution in [1.29, 1.82) is 0 Å². The van der Waals surface area contributed by atoms with Crippen LogP contribution in [0.1, 0.15) is 37.7 Å². The summed E-state index contributed by atoms with van der Waals surface area (Å²) in [7, 11) is 0. The molecule has 3 rings (SSSR count). The van der Waals surface area contributed by atoms with Crippen molar-refractivity contribution in [3.8, 4) is 11.3 Å². The van der Waals surface area contributed by atoms with Gasteiger partial charge in [-0.05, 0) is 30.0 Å². The molecule has 0 fully saturated rings. The van der Waals surface area contributed by atoms with Crippen LogP contribution in [0.5, 0.6) is 0 Å². The number of nitrogens with zero attached hydrogens (tertiary/aromatic N) is 2. The minimum absolute atomic E-state index is 0.0254. The summed E-state index contributed by atoms with van der Waals surface area (Å²) >= 11 is 0. The Morgan fingerprint density at radius 3 is 2.32 bits per heavy atom. The first-order chi connectivity index (χ1) is 10.4. The molecule has 0 aliphatic carbocycles. The summed E-state index contributed by atoms with van der Waals surface area (Å²) in [6.07, 6.45) is 0. The molecule has 2 aromatic heterocycles. The topological polar surface area (TPSA) is 37.5 Å². The lowest BCUT2D eigenvalue weighted by Crippen LogP contribution is -2.10. The fourth-order valence-corrected chi connectivity index (χ4v) is 2.83. The maximum absolute atomic E-state index is 9.81. The number of rotatable bonds is 2. The Balaban J connectivity index is 2.16. The first-order valence-corrected chi connectivity index (χ1v) is 7.60. The Labute approximate surface area is 131 Å². The monoisotopic (exact) mass is 294 g/mol. The van der Waals surface area contributed by atoms with E-state index in [9.17, 15) is 5.11 Å². The van der Waals surface area contributed by atoms with Gasteiger partial charge < -0.3 is 5.11 Å². The van der Waals surface area contributed by atoms with E-state index in [1.165, 1.54) is 5.56 Å².